The van der Waals surface area contributed by atoms with Crippen LogP contribution < -0.4 is 5.73 Å². The first-order valence-electron chi connectivity index (χ1n) is 6.46. The molecule has 0 unspecified atom stereocenters. The SMILES string of the molecule is Cc1cc(N)c([N+](=O)[O-])cc1S(=O)(=O)N1CCCOCC1. The van der Waals surface area contributed by atoms with Gasteiger partial charge in [-0.3, -0.25) is 10.1 Å². The lowest BCUT2D eigenvalue weighted by Crippen LogP contribution is -2.33. The Morgan fingerprint density at radius 1 is 1.33 bits per heavy atom. The summed E-state index contributed by atoms with van der Waals surface area (Å²) in [6.07, 6.45) is 0.593. The quantitative estimate of drug-likeness (QED) is 0.503. The number of nitrogen functional groups attached to an aromatic ring is 1. The molecule has 1 heterocycles. The number of nitro groups is 1. The Labute approximate surface area is 122 Å². The molecule has 1 aromatic rings. The van der Waals surface area contributed by atoms with E-state index in [1.807, 2.05) is 0 Å². The highest BCUT2D eigenvalue weighted by Crippen LogP contribution is 2.30. The lowest BCUT2D eigenvalue weighted by molar-refractivity contribution is -0.384. The third-order valence-electron chi connectivity index (χ3n) is 3.32. The predicted octanol–water partition coefficient (Wildman–Crippen LogP) is 0.896. The van der Waals surface area contributed by atoms with Crippen molar-refractivity contribution in [1.29, 1.82) is 0 Å². The fourth-order valence-electron chi connectivity index (χ4n) is 2.24. The zero-order valence-corrected chi connectivity index (χ0v) is 12.4. The van der Waals surface area contributed by atoms with Crippen LogP contribution in [0.2, 0.25) is 0 Å². The second-order valence-electron chi connectivity index (χ2n) is 4.80. The molecule has 8 nitrogen and oxygen atoms in total. The Morgan fingerprint density at radius 3 is 2.71 bits per heavy atom. The van der Waals surface area contributed by atoms with Crippen molar-refractivity contribution in [1.82, 2.24) is 4.31 Å². The van der Waals surface area contributed by atoms with Crippen molar-refractivity contribution in [2.45, 2.75) is 18.2 Å². The van der Waals surface area contributed by atoms with E-state index in [4.69, 9.17) is 10.5 Å². The third kappa shape index (κ3) is 3.14. The molecule has 1 fully saturated rings. The maximum absolute atomic E-state index is 12.7. The van der Waals surface area contributed by atoms with E-state index >= 15 is 0 Å². The van der Waals surface area contributed by atoms with Crippen LogP contribution in [0.3, 0.4) is 0 Å². The summed E-state index contributed by atoms with van der Waals surface area (Å²) in [6.45, 7) is 2.96. The smallest absolute Gasteiger partial charge is 0.293 e. The molecule has 9 heteroatoms. The Kier molecular flexibility index (Phi) is 4.45. The van der Waals surface area contributed by atoms with E-state index in [0.29, 0.717) is 31.7 Å². The van der Waals surface area contributed by atoms with E-state index < -0.39 is 20.6 Å². The summed E-state index contributed by atoms with van der Waals surface area (Å²) in [6, 6.07) is 2.35. The summed E-state index contributed by atoms with van der Waals surface area (Å²) in [5.41, 5.74) is 5.52. The van der Waals surface area contributed by atoms with Crippen LogP contribution in [0.1, 0.15) is 12.0 Å². The minimum Gasteiger partial charge on any atom is -0.393 e. The molecule has 1 saturated heterocycles. The standard InChI is InChI=1S/C12H17N3O5S/c1-9-7-10(13)11(15(16)17)8-12(9)21(18,19)14-3-2-5-20-6-4-14/h7-8H,2-6,13H2,1H3. The average Bonchev–Trinajstić information content (AvgIpc) is 2.67. The molecule has 21 heavy (non-hydrogen) atoms. The predicted molar refractivity (Wildman–Crippen MR) is 76.4 cm³/mol. The minimum atomic E-state index is -3.80. The molecular weight excluding hydrogens is 298 g/mol. The van der Waals surface area contributed by atoms with Crippen molar-refractivity contribution < 1.29 is 18.1 Å². The van der Waals surface area contributed by atoms with Gasteiger partial charge in [-0.2, -0.15) is 4.31 Å². The van der Waals surface area contributed by atoms with Crippen LogP contribution in [-0.2, 0) is 14.8 Å². The van der Waals surface area contributed by atoms with Gasteiger partial charge in [0.05, 0.1) is 16.4 Å². The van der Waals surface area contributed by atoms with Gasteiger partial charge in [0.1, 0.15) is 5.69 Å². The first kappa shape index (κ1) is 15.7. The fourth-order valence-corrected chi connectivity index (χ4v) is 3.93. The Balaban J connectivity index is 2.48. The summed E-state index contributed by atoms with van der Waals surface area (Å²) in [5.74, 6) is 0. The van der Waals surface area contributed by atoms with Crippen molar-refractivity contribution >= 4 is 21.4 Å². The molecule has 2 N–H and O–H groups in total. The molecule has 0 amide bonds. The number of ether oxygens (including phenoxy) is 1. The highest BCUT2D eigenvalue weighted by atomic mass is 32.2. The molecule has 0 aromatic heterocycles. The number of nitro benzene ring substituents is 1. The molecule has 0 spiro atoms. The van der Waals surface area contributed by atoms with Crippen LogP contribution in [0.4, 0.5) is 11.4 Å². The molecule has 116 valence electrons. The van der Waals surface area contributed by atoms with Crippen molar-refractivity contribution in [2.75, 3.05) is 32.0 Å². The third-order valence-corrected chi connectivity index (χ3v) is 5.36. The van der Waals surface area contributed by atoms with Gasteiger partial charge in [-0.1, -0.05) is 0 Å². The average molecular weight is 315 g/mol. The topological polar surface area (TPSA) is 116 Å². The highest BCUT2D eigenvalue weighted by molar-refractivity contribution is 7.89. The van der Waals surface area contributed by atoms with Crippen molar-refractivity contribution in [2.24, 2.45) is 0 Å². The summed E-state index contributed by atoms with van der Waals surface area (Å²) in [4.78, 5) is 10.2. The fraction of sp³-hybridized carbons (Fsp3) is 0.500. The van der Waals surface area contributed by atoms with E-state index in [9.17, 15) is 18.5 Å². The second-order valence-corrected chi connectivity index (χ2v) is 6.71. The normalized spacial score (nSPS) is 17.4. The molecule has 0 aliphatic carbocycles. The summed E-state index contributed by atoms with van der Waals surface area (Å²) < 4.78 is 31.8. The van der Waals surface area contributed by atoms with E-state index in [2.05, 4.69) is 0 Å². The van der Waals surface area contributed by atoms with Gasteiger partial charge in [0.25, 0.3) is 5.69 Å². The molecule has 2 rings (SSSR count). The number of hydrogen-bond acceptors (Lipinski definition) is 6. The Hall–Kier alpha value is -1.71. The molecule has 0 radical (unpaired) electrons. The van der Waals surface area contributed by atoms with Gasteiger partial charge >= 0.3 is 0 Å². The van der Waals surface area contributed by atoms with Gasteiger partial charge in [0.15, 0.2) is 0 Å². The number of hydrogen-bond donors (Lipinski definition) is 1. The van der Waals surface area contributed by atoms with Crippen LogP contribution in [0.15, 0.2) is 17.0 Å². The lowest BCUT2D eigenvalue weighted by atomic mass is 10.2. The first-order chi connectivity index (χ1) is 9.84. The molecule has 0 bridgehead atoms. The highest BCUT2D eigenvalue weighted by Gasteiger charge is 2.29. The molecule has 1 aliphatic heterocycles. The second kappa shape index (κ2) is 5.96. The number of rotatable bonds is 3. The van der Waals surface area contributed by atoms with Gasteiger partial charge < -0.3 is 10.5 Å². The van der Waals surface area contributed by atoms with Crippen LogP contribution in [0, 0.1) is 17.0 Å². The van der Waals surface area contributed by atoms with Gasteiger partial charge in [-0.15, -0.1) is 0 Å². The zero-order valence-electron chi connectivity index (χ0n) is 11.6. The number of sulfonamides is 1. The monoisotopic (exact) mass is 315 g/mol. The number of nitrogens with zero attached hydrogens (tertiary/aromatic N) is 2. The number of anilines is 1. The maximum atomic E-state index is 12.7. The summed E-state index contributed by atoms with van der Waals surface area (Å²) in [7, 11) is -3.80. The molecular formula is C12H17N3O5S. The lowest BCUT2D eigenvalue weighted by Gasteiger charge is -2.20. The maximum Gasteiger partial charge on any atom is 0.293 e. The minimum absolute atomic E-state index is 0.0457. The van der Waals surface area contributed by atoms with Gasteiger partial charge in [0.2, 0.25) is 10.0 Å². The van der Waals surface area contributed by atoms with Crippen LogP contribution in [0.25, 0.3) is 0 Å². The van der Waals surface area contributed by atoms with Crippen LogP contribution in [0.5, 0.6) is 0 Å². The Morgan fingerprint density at radius 2 is 2.05 bits per heavy atom. The van der Waals surface area contributed by atoms with Crippen molar-refractivity contribution in [3.63, 3.8) is 0 Å². The zero-order chi connectivity index (χ0) is 15.6. The van der Waals surface area contributed by atoms with E-state index in [1.54, 1.807) is 6.92 Å². The first-order valence-corrected chi connectivity index (χ1v) is 7.90. The largest absolute Gasteiger partial charge is 0.393 e. The summed E-state index contributed by atoms with van der Waals surface area (Å²) in [5, 5.41) is 10.9. The molecule has 1 aromatic carbocycles. The number of aryl methyl sites for hydroxylation is 1. The number of nitrogens with two attached hydrogens (primary N) is 1. The molecule has 1 aliphatic rings. The van der Waals surface area contributed by atoms with Crippen LogP contribution in [-0.4, -0.2) is 43.9 Å². The van der Waals surface area contributed by atoms with Crippen molar-refractivity contribution in [3.05, 3.63) is 27.8 Å². The van der Waals surface area contributed by atoms with E-state index in [1.165, 1.54) is 10.4 Å². The van der Waals surface area contributed by atoms with E-state index in [-0.39, 0.29) is 17.1 Å². The van der Waals surface area contributed by atoms with Crippen molar-refractivity contribution in [3.8, 4) is 0 Å². The Bertz CT molecular complexity index is 651. The summed E-state index contributed by atoms with van der Waals surface area (Å²) >= 11 is 0. The number of benzene rings is 1. The molecule has 0 saturated carbocycles. The van der Waals surface area contributed by atoms with E-state index in [0.717, 1.165) is 6.07 Å². The van der Waals surface area contributed by atoms with Crippen LogP contribution >= 0.6 is 0 Å². The molecule has 0 atom stereocenters. The van der Waals surface area contributed by atoms with Gasteiger partial charge in [-0.05, 0) is 25.0 Å². The van der Waals surface area contributed by atoms with Gasteiger partial charge in [0, 0.05) is 25.8 Å². The van der Waals surface area contributed by atoms with Gasteiger partial charge in [-0.25, -0.2) is 8.42 Å².